The molecule has 1 saturated heterocycles. The van der Waals surface area contributed by atoms with E-state index in [1.807, 2.05) is 6.92 Å². The lowest BCUT2D eigenvalue weighted by molar-refractivity contribution is -0.141. The van der Waals surface area contributed by atoms with Gasteiger partial charge in [0.1, 0.15) is 17.7 Å². The Balaban J connectivity index is 1.46. The SMILES string of the molecule is Cc1ccc(S(=O)(=O)N2C[C@@H](F)C[C@H]2C(=O)N(Cc2ccc3ocnc3c2)C2CCC(F)(F)CC2)cc1. The van der Waals surface area contributed by atoms with Crippen LogP contribution in [0, 0.1) is 6.92 Å². The van der Waals surface area contributed by atoms with Gasteiger partial charge in [-0.15, -0.1) is 0 Å². The van der Waals surface area contributed by atoms with Crippen molar-refractivity contribution in [2.75, 3.05) is 6.54 Å². The number of aryl methyl sites for hydroxylation is 1. The molecule has 2 fully saturated rings. The van der Waals surface area contributed by atoms with Crippen molar-refractivity contribution < 1.29 is 30.8 Å². The van der Waals surface area contributed by atoms with E-state index in [1.54, 1.807) is 30.3 Å². The van der Waals surface area contributed by atoms with Crippen LogP contribution in [0.25, 0.3) is 11.1 Å². The van der Waals surface area contributed by atoms with E-state index < -0.39 is 46.7 Å². The minimum absolute atomic E-state index is 0.0228. The molecule has 3 aromatic rings. The molecule has 198 valence electrons. The van der Waals surface area contributed by atoms with Gasteiger partial charge >= 0.3 is 0 Å². The lowest BCUT2D eigenvalue weighted by Crippen LogP contribution is -2.52. The Morgan fingerprint density at radius 3 is 2.57 bits per heavy atom. The number of aromatic nitrogens is 1. The number of halogens is 3. The molecule has 1 aliphatic heterocycles. The average Bonchev–Trinajstić information content (AvgIpc) is 3.49. The molecule has 37 heavy (non-hydrogen) atoms. The lowest BCUT2D eigenvalue weighted by Gasteiger charge is -2.39. The monoisotopic (exact) mass is 535 g/mol. The number of carbonyl (C=O) groups is 1. The topological polar surface area (TPSA) is 83.7 Å². The van der Waals surface area contributed by atoms with Crippen molar-refractivity contribution in [1.82, 2.24) is 14.2 Å². The molecule has 2 atom stereocenters. The number of oxazole rings is 1. The number of benzene rings is 2. The molecule has 0 bridgehead atoms. The van der Waals surface area contributed by atoms with Crippen LogP contribution in [0.3, 0.4) is 0 Å². The summed E-state index contributed by atoms with van der Waals surface area (Å²) >= 11 is 0. The number of carbonyl (C=O) groups excluding carboxylic acids is 1. The van der Waals surface area contributed by atoms with Crippen LogP contribution in [0.5, 0.6) is 0 Å². The Kier molecular flexibility index (Phi) is 6.78. The highest BCUT2D eigenvalue weighted by atomic mass is 32.2. The number of nitrogens with zero attached hydrogens (tertiary/aromatic N) is 3. The number of sulfonamides is 1. The van der Waals surface area contributed by atoms with Gasteiger partial charge in [0.25, 0.3) is 0 Å². The maximum absolute atomic E-state index is 14.7. The molecular weight excluding hydrogens is 507 g/mol. The predicted octanol–water partition coefficient (Wildman–Crippen LogP) is 4.84. The van der Waals surface area contributed by atoms with E-state index >= 15 is 0 Å². The van der Waals surface area contributed by atoms with E-state index in [1.165, 1.54) is 23.4 Å². The molecule has 1 amide bonds. The second-order valence-corrected chi connectivity index (χ2v) is 11.8. The number of hydrogen-bond acceptors (Lipinski definition) is 5. The first-order valence-corrected chi connectivity index (χ1v) is 13.7. The normalized spacial score (nSPS) is 22.9. The van der Waals surface area contributed by atoms with E-state index in [9.17, 15) is 26.4 Å². The average molecular weight is 536 g/mol. The van der Waals surface area contributed by atoms with Crippen LogP contribution in [-0.2, 0) is 21.4 Å². The van der Waals surface area contributed by atoms with Gasteiger partial charge in [-0.1, -0.05) is 23.8 Å². The molecular formula is C26H28F3N3O4S. The van der Waals surface area contributed by atoms with Gasteiger partial charge in [-0.2, -0.15) is 4.31 Å². The zero-order chi connectivity index (χ0) is 26.4. The van der Waals surface area contributed by atoms with Crippen molar-refractivity contribution in [3.8, 4) is 0 Å². The second-order valence-electron chi connectivity index (χ2n) is 9.94. The molecule has 5 rings (SSSR count). The number of alkyl halides is 3. The summed E-state index contributed by atoms with van der Waals surface area (Å²) in [5.74, 6) is -3.38. The molecule has 0 N–H and O–H groups in total. The van der Waals surface area contributed by atoms with Gasteiger partial charge in [0.05, 0.1) is 4.90 Å². The fourth-order valence-corrected chi connectivity index (χ4v) is 6.83. The van der Waals surface area contributed by atoms with E-state index in [4.69, 9.17) is 4.42 Å². The first-order valence-electron chi connectivity index (χ1n) is 12.3. The summed E-state index contributed by atoms with van der Waals surface area (Å²) in [7, 11) is -4.16. The van der Waals surface area contributed by atoms with Crippen molar-refractivity contribution >= 4 is 27.0 Å². The van der Waals surface area contributed by atoms with E-state index in [2.05, 4.69) is 4.98 Å². The van der Waals surface area contributed by atoms with Gasteiger partial charge in [0, 0.05) is 38.4 Å². The molecule has 11 heteroatoms. The molecule has 0 radical (unpaired) electrons. The van der Waals surface area contributed by atoms with Crippen LogP contribution in [0.4, 0.5) is 13.2 Å². The van der Waals surface area contributed by atoms with E-state index in [0.717, 1.165) is 9.87 Å². The minimum atomic E-state index is -4.16. The van der Waals surface area contributed by atoms with Crippen LogP contribution in [-0.4, -0.2) is 59.2 Å². The molecule has 7 nitrogen and oxygen atoms in total. The zero-order valence-electron chi connectivity index (χ0n) is 20.3. The molecule has 1 aromatic heterocycles. The van der Waals surface area contributed by atoms with Crippen LogP contribution in [0.15, 0.2) is 58.2 Å². The first-order chi connectivity index (χ1) is 17.5. The Bertz CT molecular complexity index is 1380. The molecule has 1 saturated carbocycles. The predicted molar refractivity (Wildman–Crippen MR) is 130 cm³/mol. The summed E-state index contributed by atoms with van der Waals surface area (Å²) in [5, 5.41) is 0. The maximum atomic E-state index is 14.7. The van der Waals surface area contributed by atoms with Gasteiger partial charge in [-0.05, 0) is 49.6 Å². The highest BCUT2D eigenvalue weighted by molar-refractivity contribution is 7.89. The van der Waals surface area contributed by atoms with Crippen molar-refractivity contribution in [2.45, 2.75) is 74.6 Å². The van der Waals surface area contributed by atoms with Gasteiger partial charge in [-0.25, -0.2) is 26.6 Å². The quantitative estimate of drug-likeness (QED) is 0.451. The van der Waals surface area contributed by atoms with Crippen molar-refractivity contribution in [2.24, 2.45) is 0 Å². The Morgan fingerprint density at radius 1 is 1.16 bits per heavy atom. The molecule has 0 spiro atoms. The number of fused-ring (bicyclic) bond motifs is 1. The first kappa shape index (κ1) is 25.7. The third-order valence-electron chi connectivity index (χ3n) is 7.28. The number of hydrogen-bond donors (Lipinski definition) is 0. The summed E-state index contributed by atoms with van der Waals surface area (Å²) < 4.78 is 75.6. The van der Waals surface area contributed by atoms with Crippen molar-refractivity contribution in [3.63, 3.8) is 0 Å². The zero-order valence-corrected chi connectivity index (χ0v) is 21.1. The van der Waals surface area contributed by atoms with Crippen molar-refractivity contribution in [1.29, 1.82) is 0 Å². The Labute approximate surface area is 213 Å². The van der Waals surface area contributed by atoms with Crippen molar-refractivity contribution in [3.05, 3.63) is 60.0 Å². The fourth-order valence-electron chi connectivity index (χ4n) is 5.21. The number of amides is 1. The van der Waals surface area contributed by atoms with Crippen LogP contribution < -0.4 is 0 Å². The van der Waals surface area contributed by atoms with Gasteiger partial charge in [0.15, 0.2) is 12.0 Å². The fraction of sp³-hybridized carbons (Fsp3) is 0.462. The standard InChI is InChI=1S/C26H28F3N3O4S/c1-17-2-5-21(6-3-17)37(34,35)32-15-19(27)13-23(32)25(33)31(20-8-10-26(28,29)11-9-20)14-18-4-7-24-22(12-18)30-16-36-24/h2-7,12,16,19-20,23H,8-11,13-15H2,1H3/t19-,23-/m0/s1. The molecule has 1 aliphatic carbocycles. The number of rotatable bonds is 6. The van der Waals surface area contributed by atoms with Gasteiger partial charge < -0.3 is 9.32 Å². The summed E-state index contributed by atoms with van der Waals surface area (Å²) in [5.41, 5.74) is 2.69. The lowest BCUT2D eigenvalue weighted by atomic mass is 9.90. The van der Waals surface area contributed by atoms with E-state index in [-0.39, 0.29) is 43.5 Å². The van der Waals surface area contributed by atoms with Crippen LogP contribution >= 0.6 is 0 Å². The second kappa shape index (κ2) is 9.75. The molecule has 2 heterocycles. The molecule has 0 unspecified atom stereocenters. The molecule has 2 aromatic carbocycles. The Morgan fingerprint density at radius 2 is 1.86 bits per heavy atom. The maximum Gasteiger partial charge on any atom is 0.248 e. The Hall–Kier alpha value is -2.92. The van der Waals surface area contributed by atoms with Crippen LogP contribution in [0.2, 0.25) is 0 Å². The highest BCUT2D eigenvalue weighted by Crippen LogP contribution is 2.37. The van der Waals surface area contributed by atoms with Crippen LogP contribution in [0.1, 0.15) is 43.2 Å². The summed E-state index contributed by atoms with van der Waals surface area (Å²) in [6.07, 6.45) is -1.10. The summed E-state index contributed by atoms with van der Waals surface area (Å²) in [6.45, 7) is 1.44. The third kappa shape index (κ3) is 5.24. The van der Waals surface area contributed by atoms with E-state index in [0.29, 0.717) is 16.7 Å². The summed E-state index contributed by atoms with van der Waals surface area (Å²) in [4.78, 5) is 19.5. The largest absolute Gasteiger partial charge is 0.443 e. The van der Waals surface area contributed by atoms with Gasteiger partial charge in [0.2, 0.25) is 21.9 Å². The third-order valence-corrected chi connectivity index (χ3v) is 9.16. The highest BCUT2D eigenvalue weighted by Gasteiger charge is 2.47. The summed E-state index contributed by atoms with van der Waals surface area (Å²) in [6, 6.07) is 9.56. The minimum Gasteiger partial charge on any atom is -0.443 e. The smallest absolute Gasteiger partial charge is 0.248 e. The van der Waals surface area contributed by atoms with Gasteiger partial charge in [-0.3, -0.25) is 4.79 Å². The molecule has 2 aliphatic rings.